The molecule has 1 aliphatic rings. The maximum Gasteiger partial charge on any atom is 0.115 e. The molecule has 1 nitrogen and oxygen atoms in total. The topological polar surface area (TPSA) is 0 Å². The fourth-order valence-electron chi connectivity index (χ4n) is 2.34. The smallest absolute Gasteiger partial charge is 0.115 e. The van der Waals surface area contributed by atoms with Gasteiger partial charge in [0.2, 0.25) is 0 Å². The van der Waals surface area contributed by atoms with E-state index in [1.165, 1.54) is 12.8 Å². The van der Waals surface area contributed by atoms with Gasteiger partial charge in [0.05, 0.1) is 21.1 Å². The first kappa shape index (κ1) is 8.76. The highest BCUT2D eigenvalue weighted by atomic mass is 15.3. The van der Waals surface area contributed by atoms with Crippen molar-refractivity contribution in [3.8, 4) is 0 Å². The fraction of sp³-hybridized carbons (Fsp3) is 0.500. The van der Waals surface area contributed by atoms with E-state index in [0.717, 1.165) is 4.48 Å². The van der Waals surface area contributed by atoms with Crippen LogP contribution in [0.1, 0.15) is 23.6 Å². The van der Waals surface area contributed by atoms with Crippen molar-refractivity contribution in [2.45, 2.75) is 18.9 Å². The van der Waals surface area contributed by atoms with Crippen molar-refractivity contribution < 1.29 is 4.48 Å². The zero-order valence-electron chi connectivity index (χ0n) is 8.75. The minimum Gasteiger partial charge on any atom is -0.325 e. The van der Waals surface area contributed by atoms with Crippen LogP contribution in [0.15, 0.2) is 24.3 Å². The average molecular weight is 176 g/mol. The van der Waals surface area contributed by atoms with Crippen molar-refractivity contribution in [1.29, 1.82) is 0 Å². The molecule has 0 spiro atoms. The van der Waals surface area contributed by atoms with Gasteiger partial charge < -0.3 is 4.48 Å². The lowest BCUT2D eigenvalue weighted by molar-refractivity contribution is -0.901. The number of nitrogens with zero attached hydrogens (tertiary/aromatic N) is 1. The van der Waals surface area contributed by atoms with Gasteiger partial charge >= 0.3 is 0 Å². The standard InChI is InChI=1S/C12H18N/c1-13(2,3)12-9-8-10-6-4-5-7-11(10)12/h4-7,12H,8-9H2,1-3H3/q+1/t12-/m0/s1. The molecule has 1 heteroatoms. The summed E-state index contributed by atoms with van der Waals surface area (Å²) in [5, 5.41) is 0. The normalized spacial score (nSPS) is 21.6. The molecule has 1 aromatic rings. The third-order valence-corrected chi connectivity index (χ3v) is 3.04. The van der Waals surface area contributed by atoms with Crippen LogP contribution in [0.25, 0.3) is 0 Å². The van der Waals surface area contributed by atoms with Crippen molar-refractivity contribution in [3.05, 3.63) is 35.4 Å². The van der Waals surface area contributed by atoms with Crippen molar-refractivity contribution in [2.75, 3.05) is 21.1 Å². The van der Waals surface area contributed by atoms with Gasteiger partial charge in [-0.1, -0.05) is 24.3 Å². The van der Waals surface area contributed by atoms with Crippen molar-refractivity contribution >= 4 is 0 Å². The summed E-state index contributed by atoms with van der Waals surface area (Å²) < 4.78 is 1.05. The van der Waals surface area contributed by atoms with Gasteiger partial charge in [0, 0.05) is 12.0 Å². The molecule has 13 heavy (non-hydrogen) atoms. The predicted octanol–water partition coefficient (Wildman–Crippen LogP) is 2.38. The van der Waals surface area contributed by atoms with Gasteiger partial charge in [-0.3, -0.25) is 0 Å². The van der Waals surface area contributed by atoms with E-state index in [4.69, 9.17) is 0 Å². The van der Waals surface area contributed by atoms with E-state index in [1.54, 1.807) is 11.1 Å². The van der Waals surface area contributed by atoms with Gasteiger partial charge in [-0.15, -0.1) is 0 Å². The van der Waals surface area contributed by atoms with Gasteiger partial charge in [0.15, 0.2) is 0 Å². The van der Waals surface area contributed by atoms with E-state index in [9.17, 15) is 0 Å². The van der Waals surface area contributed by atoms with Crippen LogP contribution in [0.2, 0.25) is 0 Å². The molecule has 0 amide bonds. The van der Waals surface area contributed by atoms with Crippen LogP contribution >= 0.6 is 0 Å². The summed E-state index contributed by atoms with van der Waals surface area (Å²) in [6, 6.07) is 9.57. The van der Waals surface area contributed by atoms with E-state index >= 15 is 0 Å². The third kappa shape index (κ3) is 1.49. The van der Waals surface area contributed by atoms with Gasteiger partial charge in [-0.25, -0.2) is 0 Å². The summed E-state index contributed by atoms with van der Waals surface area (Å²) >= 11 is 0. The Morgan fingerprint density at radius 1 is 1.15 bits per heavy atom. The molecule has 2 rings (SSSR count). The van der Waals surface area contributed by atoms with E-state index in [-0.39, 0.29) is 0 Å². The SMILES string of the molecule is C[N+](C)(C)[C@H]1CCc2ccccc21. The molecule has 0 N–H and O–H groups in total. The lowest BCUT2D eigenvalue weighted by Gasteiger charge is -2.32. The molecule has 0 saturated heterocycles. The second-order valence-electron chi connectivity index (χ2n) is 4.87. The second kappa shape index (κ2) is 2.85. The van der Waals surface area contributed by atoms with Gasteiger partial charge in [0.1, 0.15) is 6.04 Å². The van der Waals surface area contributed by atoms with Crippen LogP contribution in [0.5, 0.6) is 0 Å². The lowest BCUT2D eigenvalue weighted by Crippen LogP contribution is -2.37. The molecule has 0 saturated carbocycles. The number of quaternary nitrogens is 1. The Hall–Kier alpha value is -0.820. The first-order valence-electron chi connectivity index (χ1n) is 4.98. The molecule has 0 radical (unpaired) electrons. The quantitative estimate of drug-likeness (QED) is 0.576. The molecule has 0 aliphatic heterocycles. The molecule has 0 fully saturated rings. The van der Waals surface area contributed by atoms with Crippen LogP contribution in [0.4, 0.5) is 0 Å². The molecule has 70 valence electrons. The largest absolute Gasteiger partial charge is 0.325 e. The predicted molar refractivity (Wildman–Crippen MR) is 55.5 cm³/mol. The molecule has 1 aromatic carbocycles. The number of benzene rings is 1. The van der Waals surface area contributed by atoms with Crippen LogP contribution in [-0.2, 0) is 6.42 Å². The third-order valence-electron chi connectivity index (χ3n) is 3.04. The Balaban J connectivity index is 2.39. The first-order chi connectivity index (χ1) is 6.09. The molecular formula is C12H18N+. The molecular weight excluding hydrogens is 158 g/mol. The maximum absolute atomic E-state index is 2.29. The van der Waals surface area contributed by atoms with Crippen molar-refractivity contribution in [1.82, 2.24) is 0 Å². The number of fused-ring (bicyclic) bond motifs is 1. The molecule has 0 heterocycles. The summed E-state index contributed by atoms with van der Waals surface area (Å²) in [6.07, 6.45) is 2.57. The molecule has 1 atom stereocenters. The minimum atomic E-state index is 0.705. The Morgan fingerprint density at radius 2 is 1.85 bits per heavy atom. The number of hydrogen-bond donors (Lipinski definition) is 0. The fourth-order valence-corrected chi connectivity index (χ4v) is 2.34. The monoisotopic (exact) mass is 176 g/mol. The first-order valence-corrected chi connectivity index (χ1v) is 4.98. The summed E-state index contributed by atoms with van der Waals surface area (Å²) in [5.41, 5.74) is 3.12. The summed E-state index contributed by atoms with van der Waals surface area (Å²) in [5.74, 6) is 0. The number of rotatable bonds is 1. The van der Waals surface area contributed by atoms with Crippen LogP contribution in [0, 0.1) is 0 Å². The maximum atomic E-state index is 2.29. The second-order valence-corrected chi connectivity index (χ2v) is 4.87. The summed E-state index contributed by atoms with van der Waals surface area (Å²) in [6.45, 7) is 0. The number of hydrogen-bond acceptors (Lipinski definition) is 0. The Morgan fingerprint density at radius 3 is 2.54 bits per heavy atom. The van der Waals surface area contributed by atoms with Gasteiger partial charge in [-0.05, 0) is 12.0 Å². The van der Waals surface area contributed by atoms with E-state index in [1.807, 2.05) is 0 Å². The minimum absolute atomic E-state index is 0.705. The van der Waals surface area contributed by atoms with Gasteiger partial charge in [0.25, 0.3) is 0 Å². The van der Waals surface area contributed by atoms with Gasteiger partial charge in [-0.2, -0.15) is 0 Å². The van der Waals surface area contributed by atoms with E-state index < -0.39 is 0 Å². The van der Waals surface area contributed by atoms with Crippen molar-refractivity contribution in [3.63, 3.8) is 0 Å². The van der Waals surface area contributed by atoms with E-state index in [0.29, 0.717) is 6.04 Å². The molecule has 0 bridgehead atoms. The Kier molecular flexibility index (Phi) is 1.92. The zero-order valence-corrected chi connectivity index (χ0v) is 8.75. The molecule has 1 aliphatic carbocycles. The van der Waals surface area contributed by atoms with Crippen LogP contribution in [-0.4, -0.2) is 25.6 Å². The molecule has 0 aromatic heterocycles. The average Bonchev–Trinajstić information content (AvgIpc) is 2.45. The highest BCUT2D eigenvalue weighted by Gasteiger charge is 2.31. The van der Waals surface area contributed by atoms with Crippen LogP contribution < -0.4 is 0 Å². The van der Waals surface area contributed by atoms with Crippen molar-refractivity contribution in [2.24, 2.45) is 0 Å². The zero-order chi connectivity index (χ0) is 9.47. The highest BCUT2D eigenvalue weighted by Crippen LogP contribution is 2.36. The van der Waals surface area contributed by atoms with Crippen LogP contribution in [0.3, 0.4) is 0 Å². The van der Waals surface area contributed by atoms with E-state index in [2.05, 4.69) is 45.4 Å². The molecule has 0 unspecified atom stereocenters. The highest BCUT2D eigenvalue weighted by molar-refractivity contribution is 5.33. The Bertz CT molecular complexity index is 309. The number of aryl methyl sites for hydroxylation is 1. The summed E-state index contributed by atoms with van der Waals surface area (Å²) in [7, 11) is 6.85. The summed E-state index contributed by atoms with van der Waals surface area (Å²) in [4.78, 5) is 0. The lowest BCUT2D eigenvalue weighted by atomic mass is 10.1. The Labute approximate surface area is 80.6 Å².